The maximum absolute atomic E-state index is 12.5. The molecule has 0 aliphatic heterocycles. The van der Waals surface area contributed by atoms with Crippen LogP contribution in [0.4, 0.5) is 5.69 Å². The van der Waals surface area contributed by atoms with E-state index in [-0.39, 0.29) is 0 Å². The molecule has 0 radical (unpaired) electrons. The highest BCUT2D eigenvalue weighted by Crippen LogP contribution is 2.27. The number of nitrogens with one attached hydrogen (secondary N) is 2. The fourth-order valence-corrected chi connectivity index (χ4v) is 3.73. The highest BCUT2D eigenvalue weighted by molar-refractivity contribution is 5.76. The number of nitrogens with zero attached hydrogens (tertiary/aromatic N) is 3. The number of anilines is 1. The van der Waals surface area contributed by atoms with Gasteiger partial charge in [-0.05, 0) is 50.5 Å². The van der Waals surface area contributed by atoms with Crippen LogP contribution in [0.15, 0.2) is 46.2 Å². The highest BCUT2D eigenvalue weighted by atomic mass is 16.2. The number of benzene rings is 1. The molecule has 3 aromatic heterocycles. The Morgan fingerprint density at radius 2 is 1.77 bits per heavy atom. The Bertz CT molecular complexity index is 1370. The summed E-state index contributed by atoms with van der Waals surface area (Å²) in [7, 11) is 1.62. The SMILES string of the molecule is Cc1cccc(C)c1CNc1cc(-c2cn(C)c(=O)[nH]c2=O)cn2c(C)c(C)nc12. The summed E-state index contributed by atoms with van der Waals surface area (Å²) < 4.78 is 3.36. The first-order valence-corrected chi connectivity index (χ1v) is 9.85. The minimum absolute atomic E-state index is 0.410. The van der Waals surface area contributed by atoms with Crippen molar-refractivity contribution in [1.82, 2.24) is 18.9 Å². The number of aryl methyl sites for hydroxylation is 5. The van der Waals surface area contributed by atoms with Crippen molar-refractivity contribution in [2.75, 3.05) is 5.32 Å². The summed E-state index contributed by atoms with van der Waals surface area (Å²) in [4.78, 5) is 31.3. The molecule has 7 nitrogen and oxygen atoms in total. The van der Waals surface area contributed by atoms with Crippen LogP contribution in [0.5, 0.6) is 0 Å². The molecule has 0 saturated carbocycles. The van der Waals surface area contributed by atoms with Gasteiger partial charge in [-0.15, -0.1) is 0 Å². The Kier molecular flexibility index (Phi) is 4.81. The maximum Gasteiger partial charge on any atom is 0.328 e. The summed E-state index contributed by atoms with van der Waals surface area (Å²) in [5.74, 6) is 0. The number of aromatic amines is 1. The van der Waals surface area contributed by atoms with Crippen LogP contribution in [-0.2, 0) is 13.6 Å². The molecular weight excluding hydrogens is 378 g/mol. The summed E-state index contributed by atoms with van der Waals surface area (Å²) in [6.07, 6.45) is 3.46. The zero-order valence-electron chi connectivity index (χ0n) is 17.8. The number of pyridine rings is 1. The molecule has 154 valence electrons. The largest absolute Gasteiger partial charge is 0.378 e. The molecule has 7 heteroatoms. The van der Waals surface area contributed by atoms with Crippen LogP contribution in [0.2, 0.25) is 0 Å². The van der Waals surface area contributed by atoms with E-state index in [2.05, 4.69) is 42.3 Å². The van der Waals surface area contributed by atoms with Gasteiger partial charge in [-0.3, -0.25) is 9.78 Å². The van der Waals surface area contributed by atoms with Gasteiger partial charge in [0.25, 0.3) is 5.56 Å². The van der Waals surface area contributed by atoms with Crippen LogP contribution in [-0.4, -0.2) is 18.9 Å². The predicted octanol–water partition coefficient (Wildman–Crippen LogP) is 3.23. The van der Waals surface area contributed by atoms with Crippen molar-refractivity contribution in [2.45, 2.75) is 34.2 Å². The minimum Gasteiger partial charge on any atom is -0.378 e. The number of hydrogen-bond donors (Lipinski definition) is 2. The lowest BCUT2D eigenvalue weighted by atomic mass is 10.0. The van der Waals surface area contributed by atoms with Gasteiger partial charge < -0.3 is 14.3 Å². The van der Waals surface area contributed by atoms with E-state index in [9.17, 15) is 9.59 Å². The van der Waals surface area contributed by atoms with Crippen LogP contribution < -0.4 is 16.6 Å². The minimum atomic E-state index is -0.437. The average molecular weight is 403 g/mol. The van der Waals surface area contributed by atoms with Gasteiger partial charge in [-0.1, -0.05) is 18.2 Å². The zero-order valence-corrected chi connectivity index (χ0v) is 17.8. The lowest BCUT2D eigenvalue weighted by molar-refractivity contribution is 0.802. The number of imidazole rings is 1. The quantitative estimate of drug-likeness (QED) is 0.548. The molecule has 0 bridgehead atoms. The Morgan fingerprint density at radius 3 is 2.47 bits per heavy atom. The molecule has 30 heavy (non-hydrogen) atoms. The van der Waals surface area contributed by atoms with E-state index in [1.807, 2.05) is 30.5 Å². The van der Waals surface area contributed by atoms with Crippen LogP contribution in [0.25, 0.3) is 16.8 Å². The van der Waals surface area contributed by atoms with Crippen molar-refractivity contribution >= 4 is 11.3 Å². The fourth-order valence-electron chi connectivity index (χ4n) is 3.73. The third-order valence-electron chi connectivity index (χ3n) is 5.71. The van der Waals surface area contributed by atoms with E-state index < -0.39 is 11.2 Å². The topological polar surface area (TPSA) is 84.2 Å². The van der Waals surface area contributed by atoms with Gasteiger partial charge in [-0.25, -0.2) is 9.78 Å². The first-order chi connectivity index (χ1) is 14.3. The van der Waals surface area contributed by atoms with Crippen molar-refractivity contribution < 1.29 is 0 Å². The number of fused-ring (bicyclic) bond motifs is 1. The first kappa shape index (κ1) is 19.7. The van der Waals surface area contributed by atoms with Crippen LogP contribution in [0, 0.1) is 27.7 Å². The second-order valence-corrected chi connectivity index (χ2v) is 7.76. The van der Waals surface area contributed by atoms with Gasteiger partial charge in [0.1, 0.15) is 0 Å². The maximum atomic E-state index is 12.5. The van der Waals surface area contributed by atoms with Crippen molar-refractivity contribution in [1.29, 1.82) is 0 Å². The second kappa shape index (κ2) is 7.33. The molecule has 0 fully saturated rings. The molecule has 0 spiro atoms. The molecule has 4 aromatic rings. The van der Waals surface area contributed by atoms with E-state index in [1.54, 1.807) is 13.2 Å². The highest BCUT2D eigenvalue weighted by Gasteiger charge is 2.15. The molecule has 2 N–H and O–H groups in total. The predicted molar refractivity (Wildman–Crippen MR) is 119 cm³/mol. The molecule has 4 rings (SSSR count). The van der Waals surface area contributed by atoms with Gasteiger partial charge in [0.2, 0.25) is 0 Å². The van der Waals surface area contributed by atoms with Crippen molar-refractivity contribution in [2.24, 2.45) is 7.05 Å². The summed E-state index contributed by atoms with van der Waals surface area (Å²) in [5, 5.41) is 3.52. The monoisotopic (exact) mass is 403 g/mol. The molecule has 0 amide bonds. The zero-order chi connectivity index (χ0) is 21.6. The third kappa shape index (κ3) is 3.32. The van der Waals surface area contributed by atoms with E-state index in [0.717, 1.165) is 22.7 Å². The molecule has 3 heterocycles. The van der Waals surface area contributed by atoms with E-state index >= 15 is 0 Å². The van der Waals surface area contributed by atoms with Gasteiger partial charge >= 0.3 is 5.69 Å². The van der Waals surface area contributed by atoms with E-state index in [0.29, 0.717) is 17.7 Å². The molecule has 0 saturated heterocycles. The molecule has 1 aromatic carbocycles. The Labute approximate surface area is 174 Å². The van der Waals surface area contributed by atoms with Crippen molar-refractivity contribution in [3.63, 3.8) is 0 Å². The van der Waals surface area contributed by atoms with Crippen molar-refractivity contribution in [3.05, 3.63) is 85.6 Å². The van der Waals surface area contributed by atoms with Crippen LogP contribution in [0.3, 0.4) is 0 Å². The molecule has 0 unspecified atom stereocenters. The van der Waals surface area contributed by atoms with E-state index in [1.165, 1.54) is 21.3 Å². The Morgan fingerprint density at radius 1 is 1.07 bits per heavy atom. The number of H-pyrrole nitrogens is 1. The summed E-state index contributed by atoms with van der Waals surface area (Å²) in [5.41, 5.74) is 7.55. The molecule has 0 atom stereocenters. The summed E-state index contributed by atoms with van der Waals surface area (Å²) in [6, 6.07) is 8.18. The second-order valence-electron chi connectivity index (χ2n) is 7.76. The third-order valence-corrected chi connectivity index (χ3v) is 5.71. The van der Waals surface area contributed by atoms with E-state index in [4.69, 9.17) is 4.98 Å². The lowest BCUT2D eigenvalue weighted by Crippen LogP contribution is -2.28. The Hall–Kier alpha value is -3.61. The Balaban J connectivity index is 1.87. The molecular formula is C23H25N5O2. The van der Waals surface area contributed by atoms with Gasteiger partial charge in [-0.2, -0.15) is 0 Å². The number of aromatic nitrogens is 4. The smallest absolute Gasteiger partial charge is 0.328 e. The lowest BCUT2D eigenvalue weighted by Gasteiger charge is -2.14. The van der Waals surface area contributed by atoms with Crippen molar-refractivity contribution in [3.8, 4) is 11.1 Å². The molecule has 0 aliphatic carbocycles. The summed E-state index contributed by atoms with van der Waals surface area (Å²) >= 11 is 0. The standard InChI is InChI=1S/C23H25N5O2/c1-13-7-6-8-14(2)18(13)10-24-20-9-17(11-28-16(4)15(3)25-21(20)28)19-12-27(5)23(30)26-22(19)29/h6-9,11-12,24H,10H2,1-5H3,(H,26,29,30). The number of rotatable bonds is 4. The fraction of sp³-hybridized carbons (Fsp3) is 0.261. The average Bonchev–Trinajstić information content (AvgIpc) is 2.98. The normalized spacial score (nSPS) is 11.2. The van der Waals surface area contributed by atoms with Crippen LogP contribution >= 0.6 is 0 Å². The van der Waals surface area contributed by atoms with Gasteiger partial charge in [0.05, 0.1) is 16.9 Å². The van der Waals surface area contributed by atoms with Crippen LogP contribution in [0.1, 0.15) is 28.1 Å². The van der Waals surface area contributed by atoms with Gasteiger partial charge in [0, 0.05) is 37.2 Å². The molecule has 0 aliphatic rings. The summed E-state index contributed by atoms with van der Waals surface area (Å²) in [6.45, 7) is 8.82. The number of hydrogen-bond acceptors (Lipinski definition) is 4. The first-order valence-electron chi connectivity index (χ1n) is 9.85. The van der Waals surface area contributed by atoms with Gasteiger partial charge in [0.15, 0.2) is 5.65 Å².